The molecule has 1 rings (SSSR count). The smallest absolute Gasteiger partial charge is 0.0216 e. The lowest BCUT2D eigenvalue weighted by Gasteiger charge is -2.36. The Hall–Kier alpha value is 0.270. The van der Waals surface area contributed by atoms with Crippen molar-refractivity contribution in [1.82, 2.24) is 4.90 Å². The van der Waals surface area contributed by atoms with Gasteiger partial charge >= 0.3 is 0 Å². The molecule has 0 bridgehead atoms. The highest BCUT2D eigenvalue weighted by molar-refractivity contribution is 7.99. The average molecular weight is 188 g/mol. The van der Waals surface area contributed by atoms with E-state index in [1.54, 1.807) is 0 Å². The fraction of sp³-hybridized carbons (Fsp3) is 1.00. The highest BCUT2D eigenvalue weighted by Crippen LogP contribution is 2.19. The van der Waals surface area contributed by atoms with E-state index in [2.05, 4.69) is 30.5 Å². The Morgan fingerprint density at radius 2 is 2.42 bits per heavy atom. The van der Waals surface area contributed by atoms with Gasteiger partial charge < -0.3 is 5.73 Å². The molecule has 1 aliphatic heterocycles. The van der Waals surface area contributed by atoms with Gasteiger partial charge in [0.2, 0.25) is 0 Å². The summed E-state index contributed by atoms with van der Waals surface area (Å²) in [5, 5.41) is 0.791. The molecule has 2 unspecified atom stereocenters. The van der Waals surface area contributed by atoms with E-state index >= 15 is 0 Å². The summed E-state index contributed by atoms with van der Waals surface area (Å²) in [6.45, 7) is 7.79. The van der Waals surface area contributed by atoms with Crippen LogP contribution in [0.25, 0.3) is 0 Å². The third kappa shape index (κ3) is 2.64. The van der Waals surface area contributed by atoms with Crippen LogP contribution in [0.1, 0.15) is 20.3 Å². The standard InChI is InChI=1S/C9H20N2S/c1-3-9(6-10)11-4-5-12-8(2)7-11/h8-9H,3-7,10H2,1-2H3. The SMILES string of the molecule is CCC(CN)N1CCSC(C)C1. The molecule has 2 nitrogen and oxygen atoms in total. The first-order valence-electron chi connectivity index (χ1n) is 4.83. The van der Waals surface area contributed by atoms with Crippen molar-refractivity contribution in [2.75, 3.05) is 25.4 Å². The number of rotatable bonds is 3. The lowest BCUT2D eigenvalue weighted by molar-refractivity contribution is 0.204. The fourth-order valence-corrected chi connectivity index (χ4v) is 2.79. The van der Waals surface area contributed by atoms with Gasteiger partial charge in [0.1, 0.15) is 0 Å². The molecule has 1 fully saturated rings. The van der Waals surface area contributed by atoms with E-state index < -0.39 is 0 Å². The van der Waals surface area contributed by atoms with E-state index in [1.807, 2.05) is 0 Å². The van der Waals surface area contributed by atoms with Crippen molar-refractivity contribution in [3.8, 4) is 0 Å². The van der Waals surface area contributed by atoms with Gasteiger partial charge in [-0.15, -0.1) is 0 Å². The summed E-state index contributed by atoms with van der Waals surface area (Å²) in [7, 11) is 0. The molecule has 0 amide bonds. The molecule has 0 radical (unpaired) electrons. The largest absolute Gasteiger partial charge is 0.329 e. The monoisotopic (exact) mass is 188 g/mol. The summed E-state index contributed by atoms with van der Waals surface area (Å²) in [5.41, 5.74) is 5.71. The summed E-state index contributed by atoms with van der Waals surface area (Å²) in [4.78, 5) is 2.54. The first kappa shape index (κ1) is 10.4. The normalized spacial score (nSPS) is 28.8. The fourth-order valence-electron chi connectivity index (χ4n) is 1.75. The first-order valence-corrected chi connectivity index (χ1v) is 5.88. The Morgan fingerprint density at radius 1 is 1.67 bits per heavy atom. The van der Waals surface area contributed by atoms with Crippen LogP contribution in [0, 0.1) is 0 Å². The van der Waals surface area contributed by atoms with Gasteiger partial charge in [-0.2, -0.15) is 11.8 Å². The molecule has 0 aromatic heterocycles. The zero-order valence-corrected chi connectivity index (χ0v) is 8.94. The molecule has 12 heavy (non-hydrogen) atoms. The lowest BCUT2D eigenvalue weighted by atomic mass is 10.2. The predicted octanol–water partition coefficient (Wildman–Crippen LogP) is 1.16. The lowest BCUT2D eigenvalue weighted by Crippen LogP contribution is -2.46. The predicted molar refractivity (Wildman–Crippen MR) is 56.6 cm³/mol. The van der Waals surface area contributed by atoms with Crippen LogP contribution in [0.4, 0.5) is 0 Å². The summed E-state index contributed by atoms with van der Waals surface area (Å²) in [6.07, 6.45) is 1.19. The van der Waals surface area contributed by atoms with Crippen molar-refractivity contribution >= 4 is 11.8 Å². The van der Waals surface area contributed by atoms with Gasteiger partial charge in [0.05, 0.1) is 0 Å². The van der Waals surface area contributed by atoms with E-state index in [-0.39, 0.29) is 0 Å². The van der Waals surface area contributed by atoms with Crippen LogP contribution < -0.4 is 5.73 Å². The second-order valence-electron chi connectivity index (χ2n) is 3.47. The molecular formula is C9H20N2S. The number of nitrogens with zero attached hydrogens (tertiary/aromatic N) is 1. The second-order valence-corrected chi connectivity index (χ2v) is 5.02. The zero-order valence-electron chi connectivity index (χ0n) is 8.12. The van der Waals surface area contributed by atoms with E-state index in [4.69, 9.17) is 5.73 Å². The van der Waals surface area contributed by atoms with Gasteiger partial charge in [0.15, 0.2) is 0 Å². The Balaban J connectivity index is 2.38. The van der Waals surface area contributed by atoms with E-state index in [0.717, 1.165) is 11.8 Å². The van der Waals surface area contributed by atoms with Crippen molar-refractivity contribution in [2.45, 2.75) is 31.6 Å². The summed E-state index contributed by atoms with van der Waals surface area (Å²) >= 11 is 2.08. The topological polar surface area (TPSA) is 29.3 Å². The molecule has 72 valence electrons. The van der Waals surface area contributed by atoms with Crippen LogP contribution in [0.5, 0.6) is 0 Å². The first-order chi connectivity index (χ1) is 5.77. The van der Waals surface area contributed by atoms with Crippen molar-refractivity contribution in [2.24, 2.45) is 5.73 Å². The van der Waals surface area contributed by atoms with Gasteiger partial charge in [-0.25, -0.2) is 0 Å². The number of hydrogen-bond donors (Lipinski definition) is 1. The van der Waals surface area contributed by atoms with E-state index in [1.165, 1.54) is 25.3 Å². The average Bonchev–Trinajstić information content (AvgIpc) is 2.07. The highest BCUT2D eigenvalue weighted by Gasteiger charge is 2.21. The summed E-state index contributed by atoms with van der Waals surface area (Å²) < 4.78 is 0. The molecule has 1 aliphatic rings. The molecular weight excluding hydrogens is 168 g/mol. The highest BCUT2D eigenvalue weighted by atomic mass is 32.2. The van der Waals surface area contributed by atoms with Crippen molar-refractivity contribution in [3.63, 3.8) is 0 Å². The third-order valence-electron chi connectivity index (χ3n) is 2.53. The Morgan fingerprint density at radius 3 is 2.92 bits per heavy atom. The minimum Gasteiger partial charge on any atom is -0.329 e. The van der Waals surface area contributed by atoms with Crippen molar-refractivity contribution < 1.29 is 0 Å². The van der Waals surface area contributed by atoms with Gasteiger partial charge in [-0.3, -0.25) is 4.90 Å². The summed E-state index contributed by atoms with van der Waals surface area (Å²) in [6, 6.07) is 0.619. The van der Waals surface area contributed by atoms with E-state index in [0.29, 0.717) is 6.04 Å². The Bertz CT molecular complexity index is 126. The van der Waals surface area contributed by atoms with Gasteiger partial charge in [0.25, 0.3) is 0 Å². The van der Waals surface area contributed by atoms with Crippen molar-refractivity contribution in [3.05, 3.63) is 0 Å². The van der Waals surface area contributed by atoms with Crippen LogP contribution in [0.3, 0.4) is 0 Å². The second kappa shape index (κ2) is 5.10. The quantitative estimate of drug-likeness (QED) is 0.721. The summed E-state index contributed by atoms with van der Waals surface area (Å²) in [5.74, 6) is 1.28. The van der Waals surface area contributed by atoms with Gasteiger partial charge in [0, 0.05) is 36.7 Å². The minimum atomic E-state index is 0.619. The molecule has 1 heterocycles. The Kier molecular flexibility index (Phi) is 4.40. The molecule has 2 atom stereocenters. The van der Waals surface area contributed by atoms with Gasteiger partial charge in [-0.05, 0) is 6.42 Å². The van der Waals surface area contributed by atoms with Crippen molar-refractivity contribution in [1.29, 1.82) is 0 Å². The van der Waals surface area contributed by atoms with Crippen LogP contribution in [-0.4, -0.2) is 41.6 Å². The van der Waals surface area contributed by atoms with Crippen LogP contribution in [0.15, 0.2) is 0 Å². The molecule has 1 saturated heterocycles. The number of thioether (sulfide) groups is 1. The van der Waals surface area contributed by atoms with Gasteiger partial charge in [-0.1, -0.05) is 13.8 Å². The third-order valence-corrected chi connectivity index (χ3v) is 3.67. The molecule has 0 aromatic carbocycles. The minimum absolute atomic E-state index is 0.619. The van der Waals surface area contributed by atoms with Crippen LogP contribution >= 0.6 is 11.8 Å². The maximum Gasteiger partial charge on any atom is 0.0216 e. The molecule has 0 spiro atoms. The molecule has 0 aliphatic carbocycles. The van der Waals surface area contributed by atoms with Crippen LogP contribution in [0.2, 0.25) is 0 Å². The van der Waals surface area contributed by atoms with E-state index in [9.17, 15) is 0 Å². The number of nitrogens with two attached hydrogens (primary N) is 1. The number of hydrogen-bond acceptors (Lipinski definition) is 3. The molecule has 0 aromatic rings. The molecule has 0 saturated carbocycles. The Labute approximate surface area is 79.9 Å². The van der Waals surface area contributed by atoms with Crippen LogP contribution in [-0.2, 0) is 0 Å². The molecule has 3 heteroatoms. The maximum atomic E-state index is 5.71. The zero-order chi connectivity index (χ0) is 8.97. The maximum absolute atomic E-state index is 5.71. The molecule has 2 N–H and O–H groups in total.